The summed E-state index contributed by atoms with van der Waals surface area (Å²) in [4.78, 5) is 28.5. The zero-order valence-electron chi connectivity index (χ0n) is 15.5. The molecule has 1 aromatic rings. The van der Waals surface area contributed by atoms with Gasteiger partial charge in [-0.3, -0.25) is 9.69 Å². The molecule has 1 atom stereocenters. The number of nitrogens with zero attached hydrogens (tertiary/aromatic N) is 3. The lowest BCUT2D eigenvalue weighted by atomic mass is 10.2. The van der Waals surface area contributed by atoms with Crippen molar-refractivity contribution in [1.82, 2.24) is 4.90 Å². The second kappa shape index (κ2) is 7.92. The Bertz CT molecular complexity index is 870. The van der Waals surface area contributed by atoms with E-state index in [0.29, 0.717) is 37.6 Å². The van der Waals surface area contributed by atoms with Gasteiger partial charge >= 0.3 is 6.09 Å². The summed E-state index contributed by atoms with van der Waals surface area (Å²) in [5.41, 5.74) is 6.26. The van der Waals surface area contributed by atoms with Crippen LogP contribution in [0.4, 0.5) is 20.6 Å². The standard InChI is InChI=1S/C17H23FN4O5S/c1-28(25,26)11-16(23)21-6-4-20(5-7-21)15-3-2-12(8-14(15)18)22-10-13(9-19)27-17(22)24/h2-3,8,13H,4-7,9-11,19H2,1H3. The van der Waals surface area contributed by atoms with E-state index in [1.165, 1.54) is 15.9 Å². The summed E-state index contributed by atoms with van der Waals surface area (Å²) >= 11 is 0. The average molecular weight is 414 g/mol. The molecule has 11 heteroatoms. The minimum atomic E-state index is -3.38. The smallest absolute Gasteiger partial charge is 0.414 e. The number of sulfone groups is 1. The first-order valence-corrected chi connectivity index (χ1v) is 10.9. The molecular weight excluding hydrogens is 391 g/mol. The predicted octanol–water partition coefficient (Wildman–Crippen LogP) is -0.197. The molecule has 0 radical (unpaired) electrons. The molecule has 154 valence electrons. The van der Waals surface area contributed by atoms with E-state index in [0.717, 1.165) is 6.26 Å². The third kappa shape index (κ3) is 4.53. The maximum Gasteiger partial charge on any atom is 0.414 e. The van der Waals surface area contributed by atoms with Crippen molar-refractivity contribution in [3.05, 3.63) is 24.0 Å². The van der Waals surface area contributed by atoms with Gasteiger partial charge in [-0.05, 0) is 18.2 Å². The Morgan fingerprint density at radius 1 is 1.29 bits per heavy atom. The summed E-state index contributed by atoms with van der Waals surface area (Å²) < 4.78 is 42.3. The summed E-state index contributed by atoms with van der Waals surface area (Å²) in [5.74, 6) is -1.46. The molecule has 0 spiro atoms. The van der Waals surface area contributed by atoms with E-state index in [1.807, 2.05) is 0 Å². The third-order valence-electron chi connectivity index (χ3n) is 4.74. The van der Waals surface area contributed by atoms with E-state index in [4.69, 9.17) is 10.5 Å². The number of benzene rings is 1. The maximum absolute atomic E-state index is 14.7. The highest BCUT2D eigenvalue weighted by Crippen LogP contribution is 2.28. The molecule has 2 N–H and O–H groups in total. The van der Waals surface area contributed by atoms with Gasteiger partial charge in [-0.15, -0.1) is 0 Å². The van der Waals surface area contributed by atoms with E-state index >= 15 is 0 Å². The molecule has 1 aromatic carbocycles. The minimum absolute atomic E-state index is 0.200. The Hall–Kier alpha value is -2.40. The first kappa shape index (κ1) is 20.3. The van der Waals surface area contributed by atoms with Crippen LogP contribution in [0.25, 0.3) is 0 Å². The van der Waals surface area contributed by atoms with Crippen LogP contribution >= 0.6 is 0 Å². The van der Waals surface area contributed by atoms with Crippen molar-refractivity contribution in [2.75, 3.05) is 61.1 Å². The number of carbonyl (C=O) groups is 2. The van der Waals surface area contributed by atoms with Crippen molar-refractivity contribution in [2.24, 2.45) is 5.73 Å². The quantitative estimate of drug-likeness (QED) is 0.710. The van der Waals surface area contributed by atoms with Crippen molar-refractivity contribution in [1.29, 1.82) is 0 Å². The van der Waals surface area contributed by atoms with Crippen LogP contribution in [0.2, 0.25) is 0 Å². The monoisotopic (exact) mass is 414 g/mol. The molecule has 9 nitrogen and oxygen atoms in total. The normalized spacial score (nSPS) is 20.5. The van der Waals surface area contributed by atoms with Crippen LogP contribution in [-0.4, -0.2) is 82.7 Å². The van der Waals surface area contributed by atoms with Gasteiger partial charge in [0.15, 0.2) is 9.84 Å². The van der Waals surface area contributed by atoms with Gasteiger partial charge in [0, 0.05) is 39.0 Å². The number of nitrogens with two attached hydrogens (primary N) is 1. The van der Waals surface area contributed by atoms with Crippen LogP contribution in [0.15, 0.2) is 18.2 Å². The van der Waals surface area contributed by atoms with Crippen LogP contribution in [0.3, 0.4) is 0 Å². The van der Waals surface area contributed by atoms with E-state index in [2.05, 4.69) is 0 Å². The largest absolute Gasteiger partial charge is 0.443 e. The number of hydrogen-bond donors (Lipinski definition) is 1. The molecule has 2 saturated heterocycles. The molecule has 0 saturated carbocycles. The van der Waals surface area contributed by atoms with E-state index in [-0.39, 0.29) is 13.1 Å². The van der Waals surface area contributed by atoms with Crippen LogP contribution in [0, 0.1) is 5.82 Å². The van der Waals surface area contributed by atoms with Gasteiger partial charge in [0.1, 0.15) is 17.7 Å². The van der Waals surface area contributed by atoms with Crippen LogP contribution in [0.1, 0.15) is 0 Å². The number of cyclic esters (lactones) is 1. The maximum atomic E-state index is 14.7. The fourth-order valence-corrected chi connectivity index (χ4v) is 3.92. The molecule has 28 heavy (non-hydrogen) atoms. The van der Waals surface area contributed by atoms with Gasteiger partial charge in [0.25, 0.3) is 0 Å². The van der Waals surface area contributed by atoms with Crippen molar-refractivity contribution < 1.29 is 27.1 Å². The van der Waals surface area contributed by atoms with Gasteiger partial charge in [-0.1, -0.05) is 0 Å². The molecular formula is C17H23FN4O5S. The Morgan fingerprint density at radius 2 is 1.96 bits per heavy atom. The summed E-state index contributed by atoms with van der Waals surface area (Å²) in [7, 11) is -3.38. The molecule has 1 unspecified atom stereocenters. The molecule has 3 rings (SSSR count). The van der Waals surface area contributed by atoms with Gasteiger partial charge in [-0.2, -0.15) is 0 Å². The van der Waals surface area contributed by atoms with E-state index in [9.17, 15) is 22.4 Å². The van der Waals surface area contributed by atoms with E-state index < -0.39 is 39.5 Å². The highest BCUT2D eigenvalue weighted by atomic mass is 32.2. The van der Waals surface area contributed by atoms with Crippen molar-refractivity contribution in [3.8, 4) is 0 Å². The van der Waals surface area contributed by atoms with Crippen molar-refractivity contribution in [2.45, 2.75) is 6.10 Å². The summed E-state index contributed by atoms with van der Waals surface area (Å²) in [6.07, 6.45) is 0.0534. The molecule has 2 aliphatic heterocycles. The molecule has 2 heterocycles. The Balaban J connectivity index is 1.64. The fourth-order valence-electron chi connectivity index (χ4n) is 3.29. The number of ether oxygens (including phenoxy) is 1. The number of anilines is 2. The lowest BCUT2D eigenvalue weighted by molar-refractivity contribution is -0.128. The number of amides is 2. The zero-order chi connectivity index (χ0) is 20.5. The molecule has 2 aliphatic rings. The molecule has 2 fully saturated rings. The molecule has 0 aromatic heterocycles. The first-order chi connectivity index (χ1) is 13.2. The number of piperazine rings is 1. The Kier molecular flexibility index (Phi) is 5.75. The molecule has 2 amide bonds. The number of rotatable bonds is 5. The van der Waals surface area contributed by atoms with Crippen LogP contribution < -0.4 is 15.5 Å². The van der Waals surface area contributed by atoms with E-state index in [1.54, 1.807) is 17.0 Å². The highest BCUT2D eigenvalue weighted by Gasteiger charge is 2.32. The SMILES string of the molecule is CS(=O)(=O)CC(=O)N1CCN(c2ccc(N3CC(CN)OC3=O)cc2F)CC1. The van der Waals surface area contributed by atoms with Gasteiger partial charge in [-0.25, -0.2) is 17.6 Å². The summed E-state index contributed by atoms with van der Waals surface area (Å²) in [6, 6.07) is 4.50. The number of carbonyl (C=O) groups excluding carboxylic acids is 2. The highest BCUT2D eigenvalue weighted by molar-refractivity contribution is 7.91. The Morgan fingerprint density at radius 3 is 2.50 bits per heavy atom. The van der Waals surface area contributed by atoms with Crippen molar-refractivity contribution >= 4 is 33.2 Å². The predicted molar refractivity (Wildman–Crippen MR) is 102 cm³/mol. The lowest BCUT2D eigenvalue weighted by Crippen LogP contribution is -2.50. The first-order valence-electron chi connectivity index (χ1n) is 8.86. The zero-order valence-corrected chi connectivity index (χ0v) is 16.3. The molecule has 0 bridgehead atoms. The molecule has 0 aliphatic carbocycles. The van der Waals surface area contributed by atoms with Gasteiger partial charge in [0.2, 0.25) is 5.91 Å². The third-order valence-corrected chi connectivity index (χ3v) is 5.51. The summed E-state index contributed by atoms with van der Waals surface area (Å²) in [5, 5.41) is 0. The number of halogens is 1. The number of hydrogen-bond acceptors (Lipinski definition) is 7. The topological polar surface area (TPSA) is 113 Å². The summed E-state index contributed by atoms with van der Waals surface area (Å²) in [6.45, 7) is 1.86. The van der Waals surface area contributed by atoms with Crippen LogP contribution in [0.5, 0.6) is 0 Å². The van der Waals surface area contributed by atoms with Gasteiger partial charge < -0.3 is 20.3 Å². The fraction of sp³-hybridized carbons (Fsp3) is 0.529. The Labute approximate surface area is 162 Å². The van der Waals surface area contributed by atoms with Crippen LogP contribution in [-0.2, 0) is 19.4 Å². The van der Waals surface area contributed by atoms with Gasteiger partial charge in [0.05, 0.1) is 17.9 Å². The minimum Gasteiger partial charge on any atom is -0.443 e. The second-order valence-electron chi connectivity index (χ2n) is 6.93. The second-order valence-corrected chi connectivity index (χ2v) is 9.07. The lowest BCUT2D eigenvalue weighted by Gasteiger charge is -2.36. The van der Waals surface area contributed by atoms with Crippen molar-refractivity contribution in [3.63, 3.8) is 0 Å². The average Bonchev–Trinajstić information content (AvgIpc) is 3.01.